The summed E-state index contributed by atoms with van der Waals surface area (Å²) in [5.41, 5.74) is 7.12. The highest BCUT2D eigenvalue weighted by Crippen LogP contribution is 2.11. The Morgan fingerprint density at radius 1 is 1.32 bits per heavy atom. The first-order chi connectivity index (χ1) is 9.31. The Hall–Kier alpha value is -2.34. The summed E-state index contributed by atoms with van der Waals surface area (Å²) in [5.74, 6) is -0.116. The quantitative estimate of drug-likeness (QED) is 0.715. The van der Waals surface area contributed by atoms with E-state index in [0.717, 1.165) is 16.3 Å². The molecule has 0 bridgehead atoms. The summed E-state index contributed by atoms with van der Waals surface area (Å²) >= 11 is 1.55. The van der Waals surface area contributed by atoms with Crippen LogP contribution in [0.5, 0.6) is 0 Å². The van der Waals surface area contributed by atoms with Crippen LogP contribution in [-0.4, -0.2) is 15.3 Å². The van der Waals surface area contributed by atoms with Crippen molar-refractivity contribution in [1.82, 2.24) is 14.8 Å². The van der Waals surface area contributed by atoms with Gasteiger partial charge in [-0.15, -0.1) is 11.3 Å². The molecular weight excluding hydrogens is 260 g/mol. The number of imidazole rings is 1. The van der Waals surface area contributed by atoms with Gasteiger partial charge in [-0.05, 0) is 12.1 Å². The Labute approximate surface area is 113 Å². The molecule has 0 aliphatic carbocycles. The van der Waals surface area contributed by atoms with Crippen molar-refractivity contribution in [2.45, 2.75) is 6.42 Å². The molecule has 0 saturated heterocycles. The van der Waals surface area contributed by atoms with Crippen LogP contribution in [0.2, 0.25) is 0 Å². The molecular formula is C13H12N4OS. The molecule has 2 heterocycles. The van der Waals surface area contributed by atoms with Crippen LogP contribution in [0.15, 0.2) is 48.1 Å². The zero-order chi connectivity index (χ0) is 13.1. The third kappa shape index (κ3) is 2.74. The number of carbonyl (C=O) groups excluding carboxylic acids is 1. The maximum absolute atomic E-state index is 11.8. The molecule has 0 aliphatic rings. The molecule has 0 spiro atoms. The van der Waals surface area contributed by atoms with Gasteiger partial charge in [0.2, 0.25) is 5.91 Å². The Bertz CT molecular complexity index is 660. The summed E-state index contributed by atoms with van der Waals surface area (Å²) in [5, 5.41) is 1.96. The first-order valence-corrected chi connectivity index (χ1v) is 6.70. The molecule has 2 N–H and O–H groups in total. The van der Waals surface area contributed by atoms with Crippen LogP contribution < -0.4 is 10.9 Å². The third-order valence-corrected chi connectivity index (χ3v) is 3.38. The Morgan fingerprint density at radius 3 is 2.95 bits per heavy atom. The number of rotatable bonds is 4. The monoisotopic (exact) mass is 272 g/mol. The molecule has 3 rings (SSSR count). The van der Waals surface area contributed by atoms with Gasteiger partial charge in [-0.2, -0.15) is 0 Å². The second-order valence-electron chi connectivity index (χ2n) is 4.04. The zero-order valence-electron chi connectivity index (χ0n) is 10.0. The van der Waals surface area contributed by atoms with E-state index < -0.39 is 0 Å². The number of nitrogens with one attached hydrogen (secondary N) is 2. The fourth-order valence-corrected chi connectivity index (χ4v) is 2.45. The number of para-hydroxylation sites is 1. The van der Waals surface area contributed by atoms with E-state index >= 15 is 0 Å². The number of hydrogen-bond acceptors (Lipinski definition) is 4. The lowest BCUT2D eigenvalue weighted by Crippen LogP contribution is -2.30. The van der Waals surface area contributed by atoms with E-state index in [2.05, 4.69) is 15.8 Å². The fourth-order valence-electron chi connectivity index (χ4n) is 1.73. The average Bonchev–Trinajstić information content (AvgIpc) is 2.98. The van der Waals surface area contributed by atoms with Crippen molar-refractivity contribution in [2.24, 2.45) is 0 Å². The molecule has 3 aromatic rings. The lowest BCUT2D eigenvalue weighted by Gasteiger charge is -2.06. The van der Waals surface area contributed by atoms with Gasteiger partial charge in [0.05, 0.1) is 17.8 Å². The number of hydrogen-bond donors (Lipinski definition) is 2. The normalized spacial score (nSPS) is 10.5. The van der Waals surface area contributed by atoms with Crippen LogP contribution >= 0.6 is 11.3 Å². The molecule has 0 aliphatic heterocycles. The van der Waals surface area contributed by atoms with Gasteiger partial charge in [0.15, 0.2) is 4.96 Å². The van der Waals surface area contributed by atoms with Crippen LogP contribution in [0.4, 0.5) is 5.69 Å². The topological polar surface area (TPSA) is 58.4 Å². The largest absolute Gasteiger partial charge is 0.299 e. The highest BCUT2D eigenvalue weighted by Gasteiger charge is 2.07. The highest BCUT2D eigenvalue weighted by molar-refractivity contribution is 7.15. The average molecular weight is 272 g/mol. The van der Waals surface area contributed by atoms with E-state index in [9.17, 15) is 4.79 Å². The molecule has 1 amide bonds. The van der Waals surface area contributed by atoms with Crippen molar-refractivity contribution in [3.63, 3.8) is 0 Å². The van der Waals surface area contributed by atoms with Crippen LogP contribution in [-0.2, 0) is 11.2 Å². The minimum absolute atomic E-state index is 0.116. The smallest absolute Gasteiger partial charge is 0.244 e. The molecule has 0 radical (unpaired) electrons. The predicted molar refractivity (Wildman–Crippen MR) is 75.0 cm³/mol. The van der Waals surface area contributed by atoms with Crippen LogP contribution in [0, 0.1) is 0 Å². The van der Waals surface area contributed by atoms with E-state index in [-0.39, 0.29) is 12.3 Å². The van der Waals surface area contributed by atoms with Gasteiger partial charge in [-0.3, -0.25) is 20.0 Å². The zero-order valence-corrected chi connectivity index (χ0v) is 10.9. The number of benzene rings is 1. The van der Waals surface area contributed by atoms with Crippen molar-refractivity contribution in [3.8, 4) is 0 Å². The van der Waals surface area contributed by atoms with Crippen LogP contribution in [0.1, 0.15) is 5.69 Å². The number of fused-ring (bicyclic) bond motifs is 1. The molecule has 2 aromatic heterocycles. The molecule has 1 aromatic carbocycles. The van der Waals surface area contributed by atoms with Gasteiger partial charge in [-0.25, -0.2) is 4.98 Å². The summed E-state index contributed by atoms with van der Waals surface area (Å²) in [6.07, 6.45) is 4.05. The van der Waals surface area contributed by atoms with Crippen molar-refractivity contribution < 1.29 is 4.79 Å². The number of hydrazine groups is 1. The molecule has 19 heavy (non-hydrogen) atoms. The molecule has 0 saturated carbocycles. The molecule has 0 unspecified atom stereocenters. The Morgan fingerprint density at radius 2 is 2.16 bits per heavy atom. The highest BCUT2D eigenvalue weighted by atomic mass is 32.1. The fraction of sp³-hybridized carbons (Fsp3) is 0.0769. The maximum Gasteiger partial charge on any atom is 0.244 e. The van der Waals surface area contributed by atoms with Crippen LogP contribution in [0.25, 0.3) is 4.96 Å². The second kappa shape index (κ2) is 5.11. The van der Waals surface area contributed by atoms with Gasteiger partial charge in [0.1, 0.15) is 0 Å². The van der Waals surface area contributed by atoms with Gasteiger partial charge in [0.25, 0.3) is 0 Å². The molecule has 96 valence electrons. The lowest BCUT2D eigenvalue weighted by molar-refractivity contribution is -0.120. The van der Waals surface area contributed by atoms with Crippen molar-refractivity contribution in [3.05, 3.63) is 53.8 Å². The van der Waals surface area contributed by atoms with E-state index in [1.165, 1.54) is 0 Å². The van der Waals surface area contributed by atoms with Gasteiger partial charge in [-0.1, -0.05) is 18.2 Å². The molecule has 6 heteroatoms. The molecule has 0 fully saturated rings. The van der Waals surface area contributed by atoms with Gasteiger partial charge in [0, 0.05) is 17.8 Å². The Balaban J connectivity index is 1.58. The third-order valence-electron chi connectivity index (χ3n) is 2.60. The van der Waals surface area contributed by atoms with Crippen LogP contribution in [0.3, 0.4) is 0 Å². The summed E-state index contributed by atoms with van der Waals surface area (Å²) in [7, 11) is 0. The van der Waals surface area contributed by atoms with E-state index in [4.69, 9.17) is 0 Å². The number of anilines is 1. The minimum atomic E-state index is -0.116. The number of nitrogens with zero attached hydrogens (tertiary/aromatic N) is 2. The van der Waals surface area contributed by atoms with E-state index in [1.807, 2.05) is 52.5 Å². The first kappa shape index (κ1) is 11.7. The lowest BCUT2D eigenvalue weighted by atomic mass is 10.3. The second-order valence-corrected chi connectivity index (χ2v) is 4.91. The summed E-state index contributed by atoms with van der Waals surface area (Å²) < 4.78 is 1.91. The van der Waals surface area contributed by atoms with E-state index in [0.29, 0.717) is 0 Å². The summed E-state index contributed by atoms with van der Waals surface area (Å²) in [6.45, 7) is 0. The van der Waals surface area contributed by atoms with Crippen molar-refractivity contribution in [1.29, 1.82) is 0 Å². The van der Waals surface area contributed by atoms with Crippen molar-refractivity contribution in [2.75, 3.05) is 5.43 Å². The number of thiazole rings is 1. The minimum Gasteiger partial charge on any atom is -0.299 e. The van der Waals surface area contributed by atoms with Gasteiger partial charge >= 0.3 is 0 Å². The number of carbonyl (C=O) groups is 1. The van der Waals surface area contributed by atoms with Gasteiger partial charge < -0.3 is 0 Å². The van der Waals surface area contributed by atoms with Crippen molar-refractivity contribution >= 4 is 27.9 Å². The first-order valence-electron chi connectivity index (χ1n) is 5.82. The summed E-state index contributed by atoms with van der Waals surface area (Å²) in [4.78, 5) is 17.0. The Kier molecular flexibility index (Phi) is 3.16. The summed E-state index contributed by atoms with van der Waals surface area (Å²) in [6, 6.07) is 9.49. The number of amides is 1. The molecule has 0 atom stereocenters. The SMILES string of the molecule is O=C(Cc1cn2ccsc2n1)NNc1ccccc1. The standard InChI is InChI=1S/C13H12N4OS/c18-12(16-15-10-4-2-1-3-5-10)8-11-9-17-6-7-19-13(17)14-11/h1-7,9,15H,8H2,(H,16,18). The molecule has 5 nitrogen and oxygen atoms in total. The predicted octanol–water partition coefficient (Wildman–Crippen LogP) is 2.08. The maximum atomic E-state index is 11.8. The van der Waals surface area contributed by atoms with E-state index in [1.54, 1.807) is 11.3 Å². The number of aromatic nitrogens is 2.